The average molecular weight is 285 g/mol. The molecular weight excluding hydrogens is 262 g/mol. The largest absolute Gasteiger partial charge is 0.369 e. The smallest absolute Gasteiger partial charge is 0.220 e. The van der Waals surface area contributed by atoms with Gasteiger partial charge in [0.2, 0.25) is 5.91 Å². The van der Waals surface area contributed by atoms with Crippen molar-refractivity contribution in [2.75, 3.05) is 13.1 Å². The van der Waals surface area contributed by atoms with Crippen molar-refractivity contribution in [1.29, 1.82) is 5.26 Å². The van der Waals surface area contributed by atoms with Crippen LogP contribution in [-0.4, -0.2) is 23.9 Å². The summed E-state index contributed by atoms with van der Waals surface area (Å²) in [6, 6.07) is 10.1. The van der Waals surface area contributed by atoms with Crippen molar-refractivity contribution < 1.29 is 4.79 Å². The molecule has 1 aromatic carbocycles. The first-order valence-electron chi connectivity index (χ1n) is 7.65. The molecule has 0 bridgehead atoms. The predicted octanol–water partition coefficient (Wildman–Crippen LogP) is 2.45. The summed E-state index contributed by atoms with van der Waals surface area (Å²) < 4.78 is 0. The Morgan fingerprint density at radius 3 is 2.62 bits per heavy atom. The molecule has 1 amide bonds. The number of carbonyl (C=O) groups excluding carboxylic acids is 1. The summed E-state index contributed by atoms with van der Waals surface area (Å²) in [6.07, 6.45) is 1.90. The molecule has 112 valence electrons. The van der Waals surface area contributed by atoms with Gasteiger partial charge in [0.1, 0.15) is 0 Å². The van der Waals surface area contributed by atoms with Crippen LogP contribution < -0.4 is 5.73 Å². The summed E-state index contributed by atoms with van der Waals surface area (Å²) >= 11 is 0. The van der Waals surface area contributed by atoms with E-state index < -0.39 is 0 Å². The number of hydrogen-bond donors (Lipinski definition) is 1. The fraction of sp³-hybridized carbons (Fsp3) is 0.529. The minimum absolute atomic E-state index is 0.0404. The summed E-state index contributed by atoms with van der Waals surface area (Å²) in [4.78, 5) is 14.0. The van der Waals surface area contributed by atoms with E-state index in [1.165, 1.54) is 0 Å². The van der Waals surface area contributed by atoms with Crippen LogP contribution in [0.2, 0.25) is 0 Å². The van der Waals surface area contributed by atoms with Crippen LogP contribution in [-0.2, 0) is 4.79 Å². The third-order valence-corrected chi connectivity index (χ3v) is 4.66. The van der Waals surface area contributed by atoms with Gasteiger partial charge in [-0.25, -0.2) is 0 Å². The third kappa shape index (κ3) is 3.08. The molecule has 0 radical (unpaired) electrons. The van der Waals surface area contributed by atoms with Crippen LogP contribution in [0.4, 0.5) is 0 Å². The molecule has 3 unspecified atom stereocenters. The topological polar surface area (TPSA) is 70.1 Å². The lowest BCUT2D eigenvalue weighted by atomic mass is 9.67. The van der Waals surface area contributed by atoms with Crippen LogP contribution in [0.15, 0.2) is 24.3 Å². The summed E-state index contributed by atoms with van der Waals surface area (Å²) in [5.41, 5.74) is 7.32. The summed E-state index contributed by atoms with van der Waals surface area (Å²) in [5.74, 6) is 0.0255. The number of benzene rings is 1. The minimum atomic E-state index is -0.195. The Bertz CT molecular complexity index is 545. The number of rotatable bonds is 6. The summed E-state index contributed by atoms with van der Waals surface area (Å²) in [6.45, 7) is 6.09. The maximum absolute atomic E-state index is 11.6. The summed E-state index contributed by atoms with van der Waals surface area (Å²) in [5, 5.41) is 9.11. The molecule has 4 nitrogen and oxygen atoms in total. The molecule has 0 aromatic heterocycles. The van der Waals surface area contributed by atoms with Crippen LogP contribution in [0.1, 0.15) is 43.9 Å². The molecule has 21 heavy (non-hydrogen) atoms. The molecule has 0 aliphatic heterocycles. The van der Waals surface area contributed by atoms with Crippen molar-refractivity contribution in [3.05, 3.63) is 35.4 Å². The van der Waals surface area contributed by atoms with Crippen molar-refractivity contribution in [3.63, 3.8) is 0 Å². The maximum atomic E-state index is 11.6. The van der Waals surface area contributed by atoms with Gasteiger partial charge >= 0.3 is 0 Å². The standard InChI is InChI=1S/C17H23N3O/c1-3-20(4-2)16(14-8-9-15(14)17(19)21)13-7-5-6-12(10-13)11-18/h5-7,10,14-16H,3-4,8-9H2,1-2H3,(H2,19,21). The van der Waals surface area contributed by atoms with Gasteiger partial charge in [0.05, 0.1) is 11.6 Å². The SMILES string of the molecule is CCN(CC)C(c1cccc(C#N)c1)C1CCC1C(N)=O. The normalized spacial score (nSPS) is 22.4. The highest BCUT2D eigenvalue weighted by Crippen LogP contribution is 2.45. The van der Waals surface area contributed by atoms with Crippen LogP contribution in [0, 0.1) is 23.2 Å². The van der Waals surface area contributed by atoms with Gasteiger partial charge in [-0.15, -0.1) is 0 Å². The molecule has 2 rings (SSSR count). The van der Waals surface area contributed by atoms with Gasteiger partial charge in [-0.2, -0.15) is 5.26 Å². The van der Waals surface area contributed by atoms with Crippen LogP contribution in [0.25, 0.3) is 0 Å². The average Bonchev–Trinajstić information content (AvgIpc) is 2.45. The summed E-state index contributed by atoms with van der Waals surface area (Å²) in [7, 11) is 0. The van der Waals surface area contributed by atoms with Gasteiger partial charge < -0.3 is 5.73 Å². The van der Waals surface area contributed by atoms with E-state index in [0.29, 0.717) is 5.56 Å². The number of nitrogens with zero attached hydrogens (tertiary/aromatic N) is 2. The highest BCUT2D eigenvalue weighted by Gasteiger charge is 2.42. The number of hydrogen-bond acceptors (Lipinski definition) is 3. The fourth-order valence-electron chi connectivity index (χ4n) is 3.39. The van der Waals surface area contributed by atoms with E-state index in [9.17, 15) is 4.79 Å². The van der Waals surface area contributed by atoms with Crippen LogP contribution in [0.3, 0.4) is 0 Å². The fourth-order valence-corrected chi connectivity index (χ4v) is 3.39. The lowest BCUT2D eigenvalue weighted by Gasteiger charge is -2.45. The molecule has 1 saturated carbocycles. The first-order chi connectivity index (χ1) is 10.1. The Morgan fingerprint density at radius 2 is 2.14 bits per heavy atom. The second-order valence-corrected chi connectivity index (χ2v) is 5.65. The van der Waals surface area contributed by atoms with Crippen molar-refractivity contribution in [2.24, 2.45) is 17.6 Å². The van der Waals surface area contributed by atoms with E-state index in [1.807, 2.05) is 18.2 Å². The molecule has 1 aliphatic rings. The highest BCUT2D eigenvalue weighted by atomic mass is 16.1. The second kappa shape index (κ2) is 6.73. The van der Waals surface area contributed by atoms with Gasteiger partial charge in [0.25, 0.3) is 0 Å². The lowest BCUT2D eigenvalue weighted by Crippen LogP contribution is -2.46. The predicted molar refractivity (Wildman–Crippen MR) is 82.2 cm³/mol. The van der Waals surface area contributed by atoms with Gasteiger partial charge in [-0.05, 0) is 49.5 Å². The molecule has 0 spiro atoms. The van der Waals surface area contributed by atoms with E-state index in [-0.39, 0.29) is 23.8 Å². The van der Waals surface area contributed by atoms with Gasteiger partial charge in [0, 0.05) is 12.0 Å². The Hall–Kier alpha value is -1.86. The Kier molecular flexibility index (Phi) is 4.98. The van der Waals surface area contributed by atoms with Crippen molar-refractivity contribution in [2.45, 2.75) is 32.7 Å². The molecule has 2 N–H and O–H groups in total. The molecule has 0 heterocycles. The molecule has 4 heteroatoms. The second-order valence-electron chi connectivity index (χ2n) is 5.65. The van der Waals surface area contributed by atoms with Crippen molar-refractivity contribution in [3.8, 4) is 6.07 Å². The van der Waals surface area contributed by atoms with E-state index in [2.05, 4.69) is 30.9 Å². The number of primary amides is 1. The quantitative estimate of drug-likeness (QED) is 0.872. The molecule has 1 fully saturated rings. The van der Waals surface area contributed by atoms with Crippen molar-refractivity contribution in [1.82, 2.24) is 4.90 Å². The van der Waals surface area contributed by atoms with Crippen molar-refractivity contribution >= 4 is 5.91 Å². The van der Waals surface area contributed by atoms with Crippen LogP contribution >= 0.6 is 0 Å². The molecule has 3 atom stereocenters. The molecule has 1 aromatic rings. The first kappa shape index (κ1) is 15.5. The van der Waals surface area contributed by atoms with Gasteiger partial charge in [-0.1, -0.05) is 26.0 Å². The third-order valence-electron chi connectivity index (χ3n) is 4.66. The van der Waals surface area contributed by atoms with E-state index in [1.54, 1.807) is 0 Å². The monoisotopic (exact) mass is 285 g/mol. The Balaban J connectivity index is 2.36. The lowest BCUT2D eigenvalue weighted by molar-refractivity contribution is -0.129. The van der Waals surface area contributed by atoms with Gasteiger partial charge in [-0.3, -0.25) is 9.69 Å². The highest BCUT2D eigenvalue weighted by molar-refractivity contribution is 5.78. The number of carbonyl (C=O) groups is 1. The van der Waals surface area contributed by atoms with Gasteiger partial charge in [0.15, 0.2) is 0 Å². The Labute approximate surface area is 126 Å². The maximum Gasteiger partial charge on any atom is 0.220 e. The number of nitriles is 1. The first-order valence-corrected chi connectivity index (χ1v) is 7.65. The molecule has 0 saturated heterocycles. The number of amides is 1. The van der Waals surface area contributed by atoms with E-state index in [4.69, 9.17) is 11.0 Å². The zero-order valence-corrected chi connectivity index (χ0v) is 12.7. The zero-order valence-electron chi connectivity index (χ0n) is 12.7. The number of nitrogens with two attached hydrogens (primary N) is 1. The Morgan fingerprint density at radius 1 is 1.43 bits per heavy atom. The van der Waals surface area contributed by atoms with Crippen LogP contribution in [0.5, 0.6) is 0 Å². The van der Waals surface area contributed by atoms with E-state index >= 15 is 0 Å². The molecular formula is C17H23N3O. The van der Waals surface area contributed by atoms with E-state index in [0.717, 1.165) is 31.5 Å². The zero-order chi connectivity index (χ0) is 15.4. The minimum Gasteiger partial charge on any atom is -0.369 e. The molecule has 1 aliphatic carbocycles.